The van der Waals surface area contributed by atoms with Gasteiger partial charge < -0.3 is 10.6 Å². The van der Waals surface area contributed by atoms with Crippen molar-refractivity contribution in [3.05, 3.63) is 78.0 Å². The van der Waals surface area contributed by atoms with Gasteiger partial charge >= 0.3 is 6.03 Å². The maximum absolute atomic E-state index is 13.1. The van der Waals surface area contributed by atoms with E-state index in [0.717, 1.165) is 40.1 Å². The second-order valence-electron chi connectivity index (χ2n) is 9.91. The summed E-state index contributed by atoms with van der Waals surface area (Å²) < 4.78 is 1.87. The maximum Gasteiger partial charge on any atom is 0.325 e. The number of nitrogens with zero attached hydrogens (tertiary/aromatic N) is 3. The van der Waals surface area contributed by atoms with Crippen LogP contribution in [0, 0.1) is 5.92 Å². The van der Waals surface area contributed by atoms with Crippen molar-refractivity contribution in [3.8, 4) is 11.3 Å². The number of nitrogens with one attached hydrogen (secondary N) is 2. The molecule has 2 aliphatic rings. The van der Waals surface area contributed by atoms with Crippen molar-refractivity contribution >= 4 is 17.8 Å². The topological polar surface area (TPSA) is 96.3 Å². The predicted molar refractivity (Wildman–Crippen MR) is 136 cm³/mol. The number of hydrogen-bond acceptors (Lipinski definition) is 4. The van der Waals surface area contributed by atoms with Crippen LogP contribution >= 0.6 is 0 Å². The van der Waals surface area contributed by atoms with Gasteiger partial charge in [0.1, 0.15) is 12.1 Å². The van der Waals surface area contributed by atoms with Crippen molar-refractivity contribution in [1.29, 1.82) is 0 Å². The Balaban J connectivity index is 1.27. The van der Waals surface area contributed by atoms with E-state index in [-0.39, 0.29) is 24.9 Å². The van der Waals surface area contributed by atoms with Crippen molar-refractivity contribution in [2.45, 2.75) is 51.2 Å². The molecule has 1 aromatic heterocycles. The minimum absolute atomic E-state index is 0.240. The SMILES string of the molecule is CC1CCC2(CC1)NC(=O)N(CC(=O)NCc1cn(Cc3ccccc3)nc1-c1ccccc1)C2=O. The lowest BCUT2D eigenvalue weighted by molar-refractivity contribution is -0.136. The van der Waals surface area contributed by atoms with Crippen LogP contribution in [-0.2, 0) is 22.7 Å². The van der Waals surface area contributed by atoms with E-state index in [4.69, 9.17) is 5.10 Å². The molecular formula is C28H31N5O3. The van der Waals surface area contributed by atoms with Crippen LogP contribution in [0.2, 0.25) is 0 Å². The number of benzene rings is 2. The van der Waals surface area contributed by atoms with E-state index in [1.54, 1.807) is 0 Å². The summed E-state index contributed by atoms with van der Waals surface area (Å²) in [6.45, 7) is 2.72. The number of urea groups is 1. The van der Waals surface area contributed by atoms with Crippen LogP contribution in [0.1, 0.15) is 43.7 Å². The summed E-state index contributed by atoms with van der Waals surface area (Å²) in [4.78, 5) is 39.5. The molecular weight excluding hydrogens is 454 g/mol. The zero-order valence-corrected chi connectivity index (χ0v) is 20.4. The average Bonchev–Trinajstić information content (AvgIpc) is 3.39. The van der Waals surface area contributed by atoms with Gasteiger partial charge in [0, 0.05) is 23.9 Å². The van der Waals surface area contributed by atoms with E-state index >= 15 is 0 Å². The summed E-state index contributed by atoms with van der Waals surface area (Å²) >= 11 is 0. The molecule has 1 saturated heterocycles. The fourth-order valence-electron chi connectivity index (χ4n) is 5.09. The number of amides is 4. The molecule has 1 aliphatic carbocycles. The van der Waals surface area contributed by atoms with E-state index in [1.807, 2.05) is 71.5 Å². The van der Waals surface area contributed by atoms with Gasteiger partial charge in [-0.05, 0) is 37.2 Å². The molecule has 2 heterocycles. The zero-order valence-electron chi connectivity index (χ0n) is 20.4. The van der Waals surface area contributed by atoms with Crippen molar-refractivity contribution < 1.29 is 14.4 Å². The van der Waals surface area contributed by atoms with E-state index < -0.39 is 11.6 Å². The third-order valence-electron chi connectivity index (χ3n) is 7.22. The molecule has 2 N–H and O–H groups in total. The van der Waals surface area contributed by atoms with Crippen LogP contribution in [0.4, 0.5) is 4.79 Å². The fourth-order valence-corrected chi connectivity index (χ4v) is 5.09. The molecule has 8 heteroatoms. The van der Waals surface area contributed by atoms with Crippen molar-refractivity contribution in [1.82, 2.24) is 25.3 Å². The normalized spacial score (nSPS) is 21.6. The molecule has 0 bridgehead atoms. The lowest BCUT2D eigenvalue weighted by Crippen LogP contribution is -2.49. The first-order chi connectivity index (χ1) is 17.4. The zero-order chi connectivity index (χ0) is 25.1. The highest BCUT2D eigenvalue weighted by Gasteiger charge is 2.52. The molecule has 4 amide bonds. The van der Waals surface area contributed by atoms with Crippen molar-refractivity contribution in [2.24, 2.45) is 5.92 Å². The fraction of sp³-hybridized carbons (Fsp3) is 0.357. The number of aromatic nitrogens is 2. The standard InChI is InChI=1S/C28H31N5O3/c1-20-12-14-28(15-13-20)26(35)33(27(36)30-28)19-24(34)29-16-23-18-32(17-21-8-4-2-5-9-21)31-25(23)22-10-6-3-7-11-22/h2-11,18,20H,12-17,19H2,1H3,(H,29,34)(H,30,36). The Hall–Kier alpha value is -3.94. The Bertz CT molecular complexity index is 1250. The van der Waals surface area contributed by atoms with Gasteiger partial charge in [0.15, 0.2) is 0 Å². The molecule has 1 saturated carbocycles. The van der Waals surface area contributed by atoms with Crippen LogP contribution in [0.15, 0.2) is 66.9 Å². The lowest BCUT2D eigenvalue weighted by atomic mass is 9.77. The smallest absolute Gasteiger partial charge is 0.325 e. The molecule has 1 aliphatic heterocycles. The Kier molecular flexibility index (Phi) is 6.59. The molecule has 0 atom stereocenters. The molecule has 1 spiro atoms. The van der Waals surface area contributed by atoms with Crippen molar-refractivity contribution in [3.63, 3.8) is 0 Å². The van der Waals surface area contributed by atoms with Gasteiger partial charge in [-0.2, -0.15) is 5.10 Å². The van der Waals surface area contributed by atoms with Gasteiger partial charge in [-0.1, -0.05) is 67.6 Å². The largest absolute Gasteiger partial charge is 0.350 e. The van der Waals surface area contributed by atoms with Gasteiger partial charge in [0.2, 0.25) is 5.91 Å². The molecule has 3 aromatic rings. The second-order valence-corrected chi connectivity index (χ2v) is 9.91. The van der Waals surface area contributed by atoms with Crippen LogP contribution in [0.5, 0.6) is 0 Å². The van der Waals surface area contributed by atoms with Crippen LogP contribution in [-0.4, -0.2) is 44.6 Å². The van der Waals surface area contributed by atoms with E-state index in [9.17, 15) is 14.4 Å². The summed E-state index contributed by atoms with van der Waals surface area (Å²) in [6.07, 6.45) is 4.96. The summed E-state index contributed by atoms with van der Waals surface area (Å²) in [6, 6.07) is 19.4. The molecule has 5 rings (SSSR count). The molecule has 0 radical (unpaired) electrons. The number of imide groups is 1. The third-order valence-corrected chi connectivity index (χ3v) is 7.22. The molecule has 2 fully saturated rings. The third kappa shape index (κ3) is 4.89. The highest BCUT2D eigenvalue weighted by atomic mass is 16.2. The van der Waals surface area contributed by atoms with Gasteiger partial charge in [-0.3, -0.25) is 19.2 Å². The molecule has 8 nitrogen and oxygen atoms in total. The van der Waals surface area contributed by atoms with Crippen molar-refractivity contribution in [2.75, 3.05) is 6.54 Å². The first kappa shape index (κ1) is 23.8. The summed E-state index contributed by atoms with van der Waals surface area (Å²) in [5, 5.41) is 10.5. The molecule has 36 heavy (non-hydrogen) atoms. The Morgan fingerprint density at radius 1 is 1.06 bits per heavy atom. The second kappa shape index (κ2) is 9.97. The minimum Gasteiger partial charge on any atom is -0.350 e. The van der Waals surface area contributed by atoms with E-state index in [1.165, 1.54) is 0 Å². The Labute approximate surface area is 210 Å². The van der Waals surface area contributed by atoms with Crippen LogP contribution < -0.4 is 10.6 Å². The van der Waals surface area contributed by atoms with Gasteiger partial charge in [-0.25, -0.2) is 4.79 Å². The van der Waals surface area contributed by atoms with Crippen LogP contribution in [0.25, 0.3) is 11.3 Å². The van der Waals surface area contributed by atoms with E-state index in [2.05, 4.69) is 17.6 Å². The highest BCUT2D eigenvalue weighted by molar-refractivity contribution is 6.09. The number of rotatable bonds is 7. The number of hydrogen-bond donors (Lipinski definition) is 2. The summed E-state index contributed by atoms with van der Waals surface area (Å²) in [5.41, 5.74) is 2.89. The number of carbonyl (C=O) groups excluding carboxylic acids is 3. The first-order valence-corrected chi connectivity index (χ1v) is 12.5. The molecule has 0 unspecified atom stereocenters. The quantitative estimate of drug-likeness (QED) is 0.499. The molecule has 2 aromatic carbocycles. The highest BCUT2D eigenvalue weighted by Crippen LogP contribution is 2.36. The van der Waals surface area contributed by atoms with E-state index in [0.29, 0.717) is 25.3 Å². The minimum atomic E-state index is -0.844. The summed E-state index contributed by atoms with van der Waals surface area (Å²) in [7, 11) is 0. The van der Waals surface area contributed by atoms with Gasteiger partial charge in [0.05, 0.1) is 12.2 Å². The Morgan fingerprint density at radius 3 is 2.42 bits per heavy atom. The van der Waals surface area contributed by atoms with Crippen LogP contribution in [0.3, 0.4) is 0 Å². The van der Waals surface area contributed by atoms with Gasteiger partial charge in [0.25, 0.3) is 5.91 Å². The Morgan fingerprint density at radius 2 is 1.72 bits per heavy atom. The lowest BCUT2D eigenvalue weighted by Gasteiger charge is -2.33. The molecule has 186 valence electrons. The van der Waals surface area contributed by atoms with Gasteiger partial charge in [-0.15, -0.1) is 0 Å². The first-order valence-electron chi connectivity index (χ1n) is 12.5. The monoisotopic (exact) mass is 485 g/mol. The average molecular weight is 486 g/mol. The number of carbonyl (C=O) groups is 3. The summed E-state index contributed by atoms with van der Waals surface area (Å²) in [5.74, 6) is -0.121. The predicted octanol–water partition coefficient (Wildman–Crippen LogP) is 3.72. The maximum atomic E-state index is 13.1.